The topological polar surface area (TPSA) is 38.3 Å². The Labute approximate surface area is 103 Å². The maximum Gasteiger partial charge on any atom is 0.394 e. The van der Waals surface area contributed by atoms with Gasteiger partial charge >= 0.3 is 6.18 Å². The van der Waals surface area contributed by atoms with Gasteiger partial charge in [0.1, 0.15) is 0 Å². The van der Waals surface area contributed by atoms with Gasteiger partial charge in [0.25, 0.3) is 0 Å². The minimum absolute atomic E-state index is 0.250. The predicted octanol–water partition coefficient (Wildman–Crippen LogP) is 2.57. The molecule has 0 aliphatic carbocycles. The van der Waals surface area contributed by atoms with Crippen molar-refractivity contribution in [2.75, 3.05) is 7.11 Å². The zero-order chi connectivity index (χ0) is 13.8. The van der Waals surface area contributed by atoms with E-state index in [4.69, 9.17) is 4.74 Å². The Balaban J connectivity index is 3.18. The predicted molar refractivity (Wildman–Crippen MR) is 59.6 cm³/mol. The van der Waals surface area contributed by atoms with Crippen LogP contribution in [0.3, 0.4) is 0 Å². The molecular weight excluding hydrogens is 247 g/mol. The number of hydrogen-bond acceptors (Lipinski definition) is 2. The highest BCUT2D eigenvalue weighted by Gasteiger charge is 2.44. The van der Waals surface area contributed by atoms with Gasteiger partial charge in [-0.2, -0.15) is 13.2 Å². The van der Waals surface area contributed by atoms with Crippen LogP contribution in [0, 0.1) is 0 Å². The van der Waals surface area contributed by atoms with Gasteiger partial charge < -0.3 is 10.1 Å². The molecule has 1 aromatic rings. The summed E-state index contributed by atoms with van der Waals surface area (Å²) in [5, 5.41) is 2.23. The van der Waals surface area contributed by atoms with Gasteiger partial charge in [0.2, 0.25) is 5.91 Å². The molecule has 0 bridgehead atoms. The van der Waals surface area contributed by atoms with Crippen LogP contribution in [0.25, 0.3) is 0 Å². The largest absolute Gasteiger partial charge is 0.394 e. The van der Waals surface area contributed by atoms with Gasteiger partial charge in [-0.25, -0.2) is 0 Å². The molecule has 1 atom stereocenters. The first-order chi connectivity index (χ1) is 8.29. The van der Waals surface area contributed by atoms with E-state index in [0.717, 1.165) is 14.0 Å². The van der Waals surface area contributed by atoms with E-state index in [1.807, 2.05) is 0 Å². The Morgan fingerprint density at radius 1 is 1.28 bits per heavy atom. The summed E-state index contributed by atoms with van der Waals surface area (Å²) >= 11 is 0. The number of benzene rings is 1. The highest BCUT2D eigenvalue weighted by atomic mass is 19.4. The van der Waals surface area contributed by atoms with Crippen LogP contribution in [0.2, 0.25) is 0 Å². The van der Waals surface area contributed by atoms with Gasteiger partial charge in [-0.05, 0) is 0 Å². The van der Waals surface area contributed by atoms with Crippen molar-refractivity contribution in [3.63, 3.8) is 0 Å². The highest BCUT2D eigenvalue weighted by Crippen LogP contribution is 2.35. The van der Waals surface area contributed by atoms with Crippen LogP contribution in [-0.4, -0.2) is 19.2 Å². The van der Waals surface area contributed by atoms with Crippen LogP contribution in [-0.2, 0) is 15.3 Å². The van der Waals surface area contributed by atoms with Crippen molar-refractivity contribution in [1.82, 2.24) is 5.32 Å². The van der Waals surface area contributed by atoms with E-state index in [9.17, 15) is 18.0 Å². The van der Waals surface area contributed by atoms with E-state index in [1.54, 1.807) is 18.2 Å². The number of ether oxygens (including phenoxy) is 1. The van der Waals surface area contributed by atoms with Gasteiger partial charge in [0.05, 0.1) is 6.42 Å². The molecule has 0 aromatic heterocycles. The standard InChI is InChI=1S/C12H14F3NO2/c1-9(17)16-11(18-2,8-12(13,14)15)10-6-4-3-5-7-10/h3-7H,8H2,1-2H3,(H,16,17). The van der Waals surface area contributed by atoms with Crippen LogP contribution < -0.4 is 5.32 Å². The number of amides is 1. The fourth-order valence-electron chi connectivity index (χ4n) is 1.73. The van der Waals surface area contributed by atoms with Gasteiger partial charge in [0.15, 0.2) is 5.72 Å². The highest BCUT2D eigenvalue weighted by molar-refractivity contribution is 5.73. The molecule has 0 spiro atoms. The molecule has 1 N–H and O–H groups in total. The second-order valence-electron chi connectivity index (χ2n) is 3.87. The summed E-state index contributed by atoms with van der Waals surface area (Å²) in [5.74, 6) is -0.593. The summed E-state index contributed by atoms with van der Waals surface area (Å²) in [6.07, 6.45) is -5.76. The fraction of sp³-hybridized carbons (Fsp3) is 0.417. The van der Waals surface area contributed by atoms with E-state index in [1.165, 1.54) is 12.1 Å². The van der Waals surface area contributed by atoms with Crippen molar-refractivity contribution in [2.24, 2.45) is 0 Å². The Kier molecular flexibility index (Phi) is 4.34. The molecule has 18 heavy (non-hydrogen) atoms. The summed E-state index contributed by atoms with van der Waals surface area (Å²) in [5.41, 5.74) is -1.63. The Bertz CT molecular complexity index is 406. The minimum Gasteiger partial charge on any atom is -0.354 e. The fourth-order valence-corrected chi connectivity index (χ4v) is 1.73. The molecule has 1 aromatic carbocycles. The number of nitrogens with one attached hydrogen (secondary N) is 1. The molecule has 3 nitrogen and oxygen atoms in total. The molecule has 1 rings (SSSR count). The summed E-state index contributed by atoms with van der Waals surface area (Å²) in [4.78, 5) is 11.1. The number of carbonyl (C=O) groups is 1. The first kappa shape index (κ1) is 14.5. The Morgan fingerprint density at radius 3 is 2.22 bits per heavy atom. The Morgan fingerprint density at radius 2 is 1.83 bits per heavy atom. The lowest BCUT2D eigenvalue weighted by Crippen LogP contribution is -2.49. The van der Waals surface area contributed by atoms with Gasteiger partial charge in [-0.3, -0.25) is 4.79 Å². The molecule has 1 unspecified atom stereocenters. The maximum absolute atomic E-state index is 12.6. The van der Waals surface area contributed by atoms with Crippen LogP contribution in [0.4, 0.5) is 13.2 Å². The van der Waals surface area contributed by atoms with Crippen LogP contribution in [0.15, 0.2) is 30.3 Å². The van der Waals surface area contributed by atoms with Crippen LogP contribution in [0.1, 0.15) is 18.9 Å². The van der Waals surface area contributed by atoms with Gasteiger partial charge in [-0.15, -0.1) is 0 Å². The quantitative estimate of drug-likeness (QED) is 0.846. The number of halogens is 3. The molecule has 100 valence electrons. The van der Waals surface area contributed by atoms with Crippen molar-refractivity contribution in [3.05, 3.63) is 35.9 Å². The summed E-state index contributed by atoms with van der Waals surface area (Å²) in [6.45, 7) is 1.15. The molecule has 1 amide bonds. The van der Waals surface area contributed by atoms with Crippen molar-refractivity contribution >= 4 is 5.91 Å². The molecule has 0 saturated heterocycles. The van der Waals surface area contributed by atoms with Crippen LogP contribution in [0.5, 0.6) is 0 Å². The van der Waals surface area contributed by atoms with E-state index >= 15 is 0 Å². The smallest absolute Gasteiger partial charge is 0.354 e. The SMILES string of the molecule is COC(CC(F)(F)F)(NC(C)=O)c1ccccc1. The maximum atomic E-state index is 12.6. The number of carbonyl (C=O) groups excluding carboxylic acids is 1. The number of alkyl halides is 3. The summed E-state index contributed by atoms with van der Waals surface area (Å²) < 4.78 is 42.9. The molecule has 6 heteroatoms. The first-order valence-corrected chi connectivity index (χ1v) is 5.25. The molecular formula is C12H14F3NO2. The second kappa shape index (κ2) is 5.39. The van der Waals surface area contributed by atoms with E-state index in [0.29, 0.717) is 0 Å². The third-order valence-corrected chi connectivity index (χ3v) is 2.42. The van der Waals surface area contributed by atoms with Gasteiger partial charge in [-0.1, -0.05) is 30.3 Å². The third-order valence-electron chi connectivity index (χ3n) is 2.42. The molecule has 0 fully saturated rings. The van der Waals surface area contributed by atoms with Crippen molar-refractivity contribution in [3.8, 4) is 0 Å². The van der Waals surface area contributed by atoms with E-state index in [2.05, 4.69) is 5.32 Å². The first-order valence-electron chi connectivity index (χ1n) is 5.25. The molecule has 0 heterocycles. The van der Waals surface area contributed by atoms with E-state index < -0.39 is 24.2 Å². The summed E-state index contributed by atoms with van der Waals surface area (Å²) in [7, 11) is 1.13. The third kappa shape index (κ3) is 3.73. The monoisotopic (exact) mass is 261 g/mol. The molecule has 0 radical (unpaired) electrons. The Hall–Kier alpha value is -1.56. The van der Waals surface area contributed by atoms with Gasteiger partial charge in [0, 0.05) is 19.6 Å². The van der Waals surface area contributed by atoms with Crippen LogP contribution >= 0.6 is 0 Å². The summed E-state index contributed by atoms with van der Waals surface area (Å²) in [6, 6.07) is 7.80. The molecule has 0 saturated carbocycles. The zero-order valence-corrected chi connectivity index (χ0v) is 10.0. The average molecular weight is 261 g/mol. The van der Waals surface area contributed by atoms with Crippen molar-refractivity contribution in [1.29, 1.82) is 0 Å². The zero-order valence-electron chi connectivity index (χ0n) is 10.0. The molecule has 0 aliphatic rings. The van der Waals surface area contributed by atoms with E-state index in [-0.39, 0.29) is 5.56 Å². The van der Waals surface area contributed by atoms with Crippen molar-refractivity contribution in [2.45, 2.75) is 25.2 Å². The normalized spacial score (nSPS) is 14.9. The lowest BCUT2D eigenvalue weighted by molar-refractivity contribution is -0.195. The average Bonchev–Trinajstić information content (AvgIpc) is 2.26. The lowest BCUT2D eigenvalue weighted by atomic mass is 9.98. The number of methoxy groups -OCH3 is 1. The molecule has 0 aliphatic heterocycles. The number of hydrogen-bond donors (Lipinski definition) is 1. The number of rotatable bonds is 4. The minimum atomic E-state index is -4.46. The van der Waals surface area contributed by atoms with Crippen molar-refractivity contribution < 1.29 is 22.7 Å². The second-order valence-corrected chi connectivity index (χ2v) is 3.87. The lowest BCUT2D eigenvalue weighted by Gasteiger charge is -2.34.